The van der Waals surface area contributed by atoms with E-state index >= 15 is 0 Å². The third-order valence-corrected chi connectivity index (χ3v) is 5.34. The van der Waals surface area contributed by atoms with Gasteiger partial charge >= 0.3 is 0 Å². The second-order valence-corrected chi connectivity index (χ2v) is 7.15. The molecule has 0 aliphatic carbocycles. The fourth-order valence-corrected chi connectivity index (χ4v) is 3.56. The molecule has 2 aromatic heterocycles. The van der Waals surface area contributed by atoms with Gasteiger partial charge in [-0.15, -0.1) is 0 Å². The summed E-state index contributed by atoms with van der Waals surface area (Å²) < 4.78 is 7.91. The summed E-state index contributed by atoms with van der Waals surface area (Å²) in [7, 11) is 2.15. The lowest BCUT2D eigenvalue weighted by Gasteiger charge is -2.37. The Hall–Kier alpha value is -3.25. The molecule has 0 saturated carbocycles. The van der Waals surface area contributed by atoms with Crippen LogP contribution in [0.3, 0.4) is 0 Å². The fraction of sp³-hybridized carbons (Fsp3) is 0.227. The molecule has 4 aromatic rings. The molecule has 1 saturated heterocycles. The van der Waals surface area contributed by atoms with E-state index in [4.69, 9.17) is 9.84 Å². The number of hydrogen-bond acceptors (Lipinski definition) is 5. The molecule has 0 N–H and O–H groups in total. The molecule has 1 aliphatic heterocycles. The molecule has 28 heavy (non-hydrogen) atoms. The first-order chi connectivity index (χ1) is 13.8. The van der Waals surface area contributed by atoms with Gasteiger partial charge < -0.3 is 9.64 Å². The Bertz CT molecular complexity index is 1090. The summed E-state index contributed by atoms with van der Waals surface area (Å²) in [6.45, 7) is 1.99. The highest BCUT2D eigenvalue weighted by Crippen LogP contribution is 2.30. The molecule has 0 amide bonds. The molecule has 1 aliphatic rings. The predicted octanol–water partition coefficient (Wildman–Crippen LogP) is 3.99. The summed E-state index contributed by atoms with van der Waals surface area (Å²) in [6.07, 6.45) is 4.63. The second kappa shape index (κ2) is 7.05. The monoisotopic (exact) mass is 371 g/mol. The molecule has 1 atom stereocenters. The minimum absolute atomic E-state index is 0.521. The molecule has 0 unspecified atom stereocenters. The Morgan fingerprint density at radius 2 is 1.82 bits per heavy atom. The fourth-order valence-electron chi connectivity index (χ4n) is 3.56. The van der Waals surface area contributed by atoms with E-state index < -0.39 is 0 Å². The normalized spacial score (nSPS) is 16.8. The molecule has 0 spiro atoms. The Labute approximate surface area is 163 Å². The lowest BCUT2D eigenvalue weighted by atomic mass is 10.1. The van der Waals surface area contributed by atoms with Crippen LogP contribution in [0.25, 0.3) is 22.3 Å². The van der Waals surface area contributed by atoms with Gasteiger partial charge in [0.05, 0.1) is 11.9 Å². The molecule has 6 nitrogen and oxygen atoms in total. The number of nitrogens with zero attached hydrogens (tertiary/aromatic N) is 5. The van der Waals surface area contributed by atoms with Crippen LogP contribution in [0, 0.1) is 0 Å². The average molecular weight is 371 g/mol. The Morgan fingerprint density at radius 3 is 2.54 bits per heavy atom. The molecule has 0 bridgehead atoms. The van der Waals surface area contributed by atoms with Gasteiger partial charge in [0, 0.05) is 17.8 Å². The van der Waals surface area contributed by atoms with Gasteiger partial charge in [0.25, 0.3) is 0 Å². The minimum atomic E-state index is 0.521. The van der Waals surface area contributed by atoms with Crippen molar-refractivity contribution in [1.29, 1.82) is 0 Å². The number of benzene rings is 2. The van der Waals surface area contributed by atoms with E-state index in [1.165, 1.54) is 6.42 Å². The third-order valence-electron chi connectivity index (χ3n) is 5.34. The van der Waals surface area contributed by atoms with Crippen LogP contribution in [0.15, 0.2) is 67.1 Å². The highest BCUT2D eigenvalue weighted by atomic mass is 16.5. The maximum Gasteiger partial charge on any atom is 0.161 e. The third kappa shape index (κ3) is 3.12. The van der Waals surface area contributed by atoms with Crippen molar-refractivity contribution < 1.29 is 4.74 Å². The summed E-state index contributed by atoms with van der Waals surface area (Å²) in [4.78, 5) is 11.0. The number of hydrogen-bond donors (Lipinski definition) is 0. The first kappa shape index (κ1) is 16.9. The number of rotatable bonds is 5. The van der Waals surface area contributed by atoms with Crippen molar-refractivity contribution in [3.05, 3.63) is 67.1 Å². The average Bonchev–Trinajstić information content (AvgIpc) is 3.11. The van der Waals surface area contributed by atoms with Crippen molar-refractivity contribution in [3.8, 4) is 22.8 Å². The van der Waals surface area contributed by atoms with Gasteiger partial charge in [0.1, 0.15) is 23.5 Å². The lowest BCUT2D eigenvalue weighted by molar-refractivity contribution is 0.108. The standard InChI is InChI=1S/C22H21N5O/c1-26-12-11-17(26)14-27-22-20(13-23-15-24-22)21(25-27)16-7-9-19(10-8-16)28-18-5-3-2-4-6-18/h2-10,13,15,17H,11-12,14H2,1H3/t17-/m0/s1. The molecule has 6 heteroatoms. The van der Waals surface area contributed by atoms with Crippen LogP contribution in [0.4, 0.5) is 0 Å². The van der Waals surface area contributed by atoms with E-state index in [9.17, 15) is 0 Å². The highest BCUT2D eigenvalue weighted by molar-refractivity contribution is 5.90. The van der Waals surface area contributed by atoms with Crippen LogP contribution in [0.1, 0.15) is 6.42 Å². The minimum Gasteiger partial charge on any atom is -0.457 e. The van der Waals surface area contributed by atoms with Crippen molar-refractivity contribution in [2.75, 3.05) is 13.6 Å². The topological polar surface area (TPSA) is 56.1 Å². The van der Waals surface area contributed by atoms with E-state index in [0.29, 0.717) is 6.04 Å². The van der Waals surface area contributed by atoms with Gasteiger partial charge in [-0.05, 0) is 56.4 Å². The SMILES string of the molecule is CN1CC[C@H]1Cn1nc(-c2ccc(Oc3ccccc3)cc2)c2cncnc21. The van der Waals surface area contributed by atoms with Gasteiger partial charge in [-0.2, -0.15) is 5.10 Å². The van der Waals surface area contributed by atoms with Crippen LogP contribution in [-0.2, 0) is 6.54 Å². The van der Waals surface area contributed by atoms with Gasteiger partial charge in [0.15, 0.2) is 5.65 Å². The quantitative estimate of drug-likeness (QED) is 0.531. The smallest absolute Gasteiger partial charge is 0.161 e. The number of ether oxygens (including phenoxy) is 1. The summed E-state index contributed by atoms with van der Waals surface area (Å²) in [6, 6.07) is 18.3. The van der Waals surface area contributed by atoms with E-state index in [1.54, 1.807) is 6.33 Å². The van der Waals surface area contributed by atoms with Crippen molar-refractivity contribution in [3.63, 3.8) is 0 Å². The molecule has 5 rings (SSSR count). The van der Waals surface area contributed by atoms with E-state index in [1.807, 2.05) is 65.5 Å². The van der Waals surface area contributed by atoms with Crippen LogP contribution in [0.5, 0.6) is 11.5 Å². The molecule has 2 aromatic carbocycles. The second-order valence-electron chi connectivity index (χ2n) is 7.15. The lowest BCUT2D eigenvalue weighted by Crippen LogP contribution is -2.47. The Balaban J connectivity index is 1.45. The van der Waals surface area contributed by atoms with E-state index in [0.717, 1.165) is 46.9 Å². The first-order valence-corrected chi connectivity index (χ1v) is 9.48. The van der Waals surface area contributed by atoms with Gasteiger partial charge in [-0.25, -0.2) is 14.6 Å². The summed E-state index contributed by atoms with van der Waals surface area (Å²) in [5.74, 6) is 1.62. The van der Waals surface area contributed by atoms with Crippen molar-refractivity contribution >= 4 is 11.0 Å². The zero-order valence-electron chi connectivity index (χ0n) is 15.7. The Morgan fingerprint density at radius 1 is 1.04 bits per heavy atom. The largest absolute Gasteiger partial charge is 0.457 e. The summed E-state index contributed by atoms with van der Waals surface area (Å²) in [5, 5.41) is 5.85. The van der Waals surface area contributed by atoms with Crippen LogP contribution >= 0.6 is 0 Å². The number of para-hydroxylation sites is 1. The predicted molar refractivity (Wildman–Crippen MR) is 108 cm³/mol. The van der Waals surface area contributed by atoms with Crippen molar-refractivity contribution in [2.24, 2.45) is 0 Å². The first-order valence-electron chi connectivity index (χ1n) is 9.48. The van der Waals surface area contributed by atoms with Gasteiger partial charge in [-0.3, -0.25) is 0 Å². The summed E-state index contributed by atoms with van der Waals surface area (Å²) in [5.41, 5.74) is 2.82. The number of likely N-dealkylation sites (N-methyl/N-ethyl adjacent to an activating group) is 1. The summed E-state index contributed by atoms with van der Waals surface area (Å²) >= 11 is 0. The van der Waals surface area contributed by atoms with Crippen molar-refractivity contribution in [1.82, 2.24) is 24.6 Å². The highest BCUT2D eigenvalue weighted by Gasteiger charge is 2.26. The molecule has 0 radical (unpaired) electrons. The van der Waals surface area contributed by atoms with Gasteiger partial charge in [-0.1, -0.05) is 18.2 Å². The molecular formula is C22H21N5O. The Kier molecular flexibility index (Phi) is 4.25. The molecule has 140 valence electrons. The molecule has 3 heterocycles. The zero-order chi connectivity index (χ0) is 18.9. The number of likely N-dealkylation sites (tertiary alicyclic amines) is 1. The number of fused-ring (bicyclic) bond motifs is 1. The molecular weight excluding hydrogens is 350 g/mol. The molecule has 1 fully saturated rings. The zero-order valence-corrected chi connectivity index (χ0v) is 15.7. The van der Waals surface area contributed by atoms with Crippen molar-refractivity contribution in [2.45, 2.75) is 19.0 Å². The maximum atomic E-state index is 5.89. The van der Waals surface area contributed by atoms with Crippen LogP contribution in [-0.4, -0.2) is 44.3 Å². The van der Waals surface area contributed by atoms with E-state index in [-0.39, 0.29) is 0 Å². The van der Waals surface area contributed by atoms with Crippen LogP contribution in [0.2, 0.25) is 0 Å². The van der Waals surface area contributed by atoms with E-state index in [2.05, 4.69) is 21.9 Å². The van der Waals surface area contributed by atoms with Crippen LogP contribution < -0.4 is 4.74 Å². The van der Waals surface area contributed by atoms with Gasteiger partial charge in [0.2, 0.25) is 0 Å². The number of aromatic nitrogens is 4. The maximum absolute atomic E-state index is 5.89.